The maximum Gasteiger partial charge on any atom is 0.361 e. The molecule has 8 heteroatoms. The van der Waals surface area contributed by atoms with Gasteiger partial charge in [-0.2, -0.15) is 5.10 Å². The highest BCUT2D eigenvalue weighted by atomic mass is 16.5. The van der Waals surface area contributed by atoms with Crippen molar-refractivity contribution in [2.45, 2.75) is 26.7 Å². The first-order valence-corrected chi connectivity index (χ1v) is 7.18. The Morgan fingerprint density at radius 3 is 2.95 bits per heavy atom. The van der Waals surface area contributed by atoms with Gasteiger partial charge < -0.3 is 9.47 Å². The van der Waals surface area contributed by atoms with Gasteiger partial charge >= 0.3 is 5.97 Å². The number of aromatic amines is 1. The van der Waals surface area contributed by atoms with Crippen molar-refractivity contribution >= 4 is 11.7 Å². The van der Waals surface area contributed by atoms with Crippen LogP contribution in [0.1, 0.15) is 35.9 Å². The molecule has 1 aliphatic heterocycles. The molecule has 0 aromatic carbocycles. The smallest absolute Gasteiger partial charge is 0.361 e. The van der Waals surface area contributed by atoms with Crippen molar-refractivity contribution in [3.8, 4) is 0 Å². The third-order valence-corrected chi connectivity index (χ3v) is 3.10. The Kier molecular flexibility index (Phi) is 5.68. The van der Waals surface area contributed by atoms with Crippen molar-refractivity contribution in [1.29, 1.82) is 0 Å². The topological polar surface area (TPSA) is 92.2 Å². The molecule has 1 saturated heterocycles. The minimum atomic E-state index is -0.469. The Balaban J connectivity index is 2.03. The molecule has 0 aliphatic carbocycles. The molecule has 0 atom stereocenters. The molecule has 116 valence electrons. The lowest BCUT2D eigenvalue weighted by atomic mass is 10.3. The van der Waals surface area contributed by atoms with E-state index in [1.54, 1.807) is 6.92 Å². The van der Waals surface area contributed by atoms with Crippen LogP contribution in [0.5, 0.6) is 0 Å². The highest BCUT2D eigenvalue weighted by Crippen LogP contribution is 2.23. The number of unbranched alkanes of at least 4 members (excludes halogenated alkanes) is 1. The zero-order valence-electron chi connectivity index (χ0n) is 12.5. The largest absolute Gasteiger partial charge is 0.461 e. The summed E-state index contributed by atoms with van der Waals surface area (Å²) in [6.07, 6.45) is 1.80. The number of nitrogens with one attached hydrogen (secondary N) is 1. The summed E-state index contributed by atoms with van der Waals surface area (Å²) in [5, 5.41) is 16.8. The predicted octanol–water partition coefficient (Wildman–Crippen LogP) is 2.01. The summed E-state index contributed by atoms with van der Waals surface area (Å²) in [7, 11) is 0. The molecular weight excluding hydrogens is 274 g/mol. The van der Waals surface area contributed by atoms with E-state index in [-0.39, 0.29) is 5.69 Å². The van der Waals surface area contributed by atoms with Crippen LogP contribution in [0.3, 0.4) is 0 Å². The second-order valence-electron chi connectivity index (χ2n) is 4.79. The molecule has 8 nitrogen and oxygen atoms in total. The average Bonchev–Trinajstić information content (AvgIpc) is 2.87. The van der Waals surface area contributed by atoms with Gasteiger partial charge in [-0.05, 0) is 13.3 Å². The molecule has 0 radical (unpaired) electrons. The molecule has 0 amide bonds. The number of hydrogen-bond acceptors (Lipinski definition) is 6. The van der Waals surface area contributed by atoms with Crippen LogP contribution in [-0.2, 0) is 9.47 Å². The minimum Gasteiger partial charge on any atom is -0.461 e. The molecule has 2 heterocycles. The van der Waals surface area contributed by atoms with Gasteiger partial charge in [-0.1, -0.05) is 18.6 Å². The summed E-state index contributed by atoms with van der Waals surface area (Å²) in [4.78, 5) is 12.0. The number of esters is 1. The average molecular weight is 295 g/mol. The summed E-state index contributed by atoms with van der Waals surface area (Å²) in [5.41, 5.74) is 1.30. The van der Waals surface area contributed by atoms with E-state index in [4.69, 9.17) is 9.47 Å². The number of carbonyl (C=O) groups is 1. The van der Waals surface area contributed by atoms with Gasteiger partial charge in [0.25, 0.3) is 0 Å². The number of ether oxygens (including phenoxy) is 2. The number of H-pyrrole nitrogens is 1. The number of carbonyl (C=O) groups excluding carboxylic acids is 1. The van der Waals surface area contributed by atoms with E-state index < -0.39 is 5.97 Å². The summed E-state index contributed by atoms with van der Waals surface area (Å²) in [6, 6.07) is 0. The molecule has 2 rings (SSSR count). The fourth-order valence-corrected chi connectivity index (χ4v) is 1.82. The van der Waals surface area contributed by atoms with Crippen LogP contribution in [-0.4, -0.2) is 54.1 Å². The Bertz CT molecular complexity index is 494. The highest BCUT2D eigenvalue weighted by Gasteiger charge is 2.19. The van der Waals surface area contributed by atoms with E-state index in [2.05, 4.69) is 20.5 Å². The predicted molar refractivity (Wildman–Crippen MR) is 75.4 cm³/mol. The number of morpholine rings is 1. The molecule has 1 aromatic heterocycles. The zero-order valence-corrected chi connectivity index (χ0v) is 12.5. The van der Waals surface area contributed by atoms with E-state index in [0.29, 0.717) is 44.3 Å². The summed E-state index contributed by atoms with van der Waals surface area (Å²) >= 11 is 0. The third-order valence-electron chi connectivity index (χ3n) is 3.10. The van der Waals surface area contributed by atoms with Crippen LogP contribution in [0, 0.1) is 6.92 Å². The maximum absolute atomic E-state index is 12.0. The Morgan fingerprint density at radius 1 is 1.48 bits per heavy atom. The molecular formula is C13H21N5O3. The van der Waals surface area contributed by atoms with Gasteiger partial charge in [0.2, 0.25) is 0 Å². The number of rotatable bonds is 6. The first kappa shape index (κ1) is 15.4. The number of nitrogens with zero attached hydrogens (tertiary/aromatic N) is 4. The Labute approximate surface area is 123 Å². The summed E-state index contributed by atoms with van der Waals surface area (Å²) in [5.74, 6) is -0.469. The van der Waals surface area contributed by atoms with Crippen molar-refractivity contribution in [2.24, 2.45) is 10.3 Å². The van der Waals surface area contributed by atoms with Crippen molar-refractivity contribution in [1.82, 2.24) is 15.2 Å². The van der Waals surface area contributed by atoms with Crippen LogP contribution in [0.15, 0.2) is 10.3 Å². The van der Waals surface area contributed by atoms with Crippen LogP contribution < -0.4 is 0 Å². The normalized spacial score (nSPS) is 15.6. The van der Waals surface area contributed by atoms with E-state index >= 15 is 0 Å². The number of aryl methyl sites for hydroxylation is 1. The standard InChI is InChI=1S/C13H21N5O3/c1-3-4-7-21-13(19)12-11(10(2)14-15-12)16-17-18-5-8-20-9-6-18/h3-9H2,1-2H3,(H,14,15). The van der Waals surface area contributed by atoms with Crippen LogP contribution in [0.25, 0.3) is 0 Å². The van der Waals surface area contributed by atoms with Gasteiger partial charge in [-0.25, -0.2) is 4.79 Å². The maximum atomic E-state index is 12.0. The molecule has 1 N–H and O–H groups in total. The molecule has 21 heavy (non-hydrogen) atoms. The lowest BCUT2D eigenvalue weighted by Gasteiger charge is -2.22. The fraction of sp³-hybridized carbons (Fsp3) is 0.692. The second kappa shape index (κ2) is 7.72. The molecule has 1 aliphatic rings. The molecule has 0 unspecified atom stereocenters. The molecule has 0 saturated carbocycles. The first-order chi connectivity index (χ1) is 10.2. The molecule has 1 fully saturated rings. The second-order valence-corrected chi connectivity index (χ2v) is 4.79. The van der Waals surface area contributed by atoms with E-state index in [9.17, 15) is 4.79 Å². The van der Waals surface area contributed by atoms with Gasteiger partial charge in [-0.15, -0.1) is 5.11 Å². The van der Waals surface area contributed by atoms with Gasteiger partial charge in [0.15, 0.2) is 5.69 Å². The van der Waals surface area contributed by atoms with Gasteiger partial charge in [0.05, 0.1) is 38.6 Å². The van der Waals surface area contributed by atoms with Crippen LogP contribution in [0.2, 0.25) is 0 Å². The van der Waals surface area contributed by atoms with E-state index in [1.165, 1.54) is 0 Å². The first-order valence-electron chi connectivity index (χ1n) is 7.18. The summed E-state index contributed by atoms with van der Waals surface area (Å²) in [6.45, 7) is 6.87. The molecule has 0 spiro atoms. The van der Waals surface area contributed by atoms with Crippen molar-refractivity contribution < 1.29 is 14.3 Å². The Hall–Kier alpha value is -1.96. The van der Waals surface area contributed by atoms with Crippen molar-refractivity contribution in [3.05, 3.63) is 11.4 Å². The van der Waals surface area contributed by atoms with Crippen molar-refractivity contribution in [2.75, 3.05) is 32.9 Å². The van der Waals surface area contributed by atoms with Gasteiger partial charge in [0, 0.05) is 0 Å². The lowest BCUT2D eigenvalue weighted by Crippen LogP contribution is -2.31. The summed E-state index contributed by atoms with van der Waals surface area (Å²) < 4.78 is 10.4. The van der Waals surface area contributed by atoms with Gasteiger partial charge in [0.1, 0.15) is 5.69 Å². The van der Waals surface area contributed by atoms with Crippen molar-refractivity contribution in [3.63, 3.8) is 0 Å². The third kappa shape index (κ3) is 4.25. The number of hydrogen-bond donors (Lipinski definition) is 1. The van der Waals surface area contributed by atoms with Crippen LogP contribution in [0.4, 0.5) is 5.69 Å². The van der Waals surface area contributed by atoms with E-state index in [1.807, 2.05) is 11.9 Å². The number of aromatic nitrogens is 2. The lowest BCUT2D eigenvalue weighted by molar-refractivity contribution is 0.0352. The van der Waals surface area contributed by atoms with Gasteiger partial charge in [-0.3, -0.25) is 10.1 Å². The molecule has 0 bridgehead atoms. The quantitative estimate of drug-likeness (QED) is 0.492. The van der Waals surface area contributed by atoms with Crippen LogP contribution >= 0.6 is 0 Å². The monoisotopic (exact) mass is 295 g/mol. The van der Waals surface area contributed by atoms with E-state index in [0.717, 1.165) is 12.8 Å². The molecule has 1 aromatic rings. The zero-order chi connectivity index (χ0) is 15.1. The fourth-order valence-electron chi connectivity index (χ4n) is 1.82. The minimum absolute atomic E-state index is 0.181. The highest BCUT2D eigenvalue weighted by molar-refractivity contribution is 5.93. The SMILES string of the molecule is CCCCOC(=O)c1n[nH]c(C)c1N=NN1CCOCC1. The Morgan fingerprint density at radius 2 is 2.24 bits per heavy atom.